The largest absolute Gasteiger partial charge is 0.333 e. The second kappa shape index (κ2) is 10.3. The van der Waals surface area contributed by atoms with E-state index >= 15 is 0 Å². The molecular formula is C16H25N3. The van der Waals surface area contributed by atoms with Gasteiger partial charge in [0.1, 0.15) is 0 Å². The van der Waals surface area contributed by atoms with Gasteiger partial charge in [-0.1, -0.05) is 48.5 Å². The van der Waals surface area contributed by atoms with Crippen molar-refractivity contribution in [3.63, 3.8) is 0 Å². The summed E-state index contributed by atoms with van der Waals surface area (Å²) >= 11 is 0. The molecule has 3 rings (SSSR count). The fourth-order valence-corrected chi connectivity index (χ4v) is 2.08. The van der Waals surface area contributed by atoms with Gasteiger partial charge in [0.25, 0.3) is 0 Å². The predicted octanol–water partition coefficient (Wildman–Crippen LogP) is 1.98. The quantitative estimate of drug-likeness (QED) is 0.577. The van der Waals surface area contributed by atoms with Gasteiger partial charge in [-0.15, -0.1) is 0 Å². The van der Waals surface area contributed by atoms with E-state index in [4.69, 9.17) is 0 Å². The number of hydrogen-bond acceptors (Lipinski definition) is 3. The zero-order chi connectivity index (χ0) is 14.7. The molecule has 1 aliphatic carbocycles. The van der Waals surface area contributed by atoms with Gasteiger partial charge in [-0.05, 0) is 49.8 Å². The van der Waals surface area contributed by atoms with Gasteiger partial charge in [-0.25, -0.2) is 0 Å². The van der Waals surface area contributed by atoms with Crippen LogP contribution in [0.25, 0.3) is 11.1 Å². The van der Waals surface area contributed by atoms with Crippen LogP contribution in [0.4, 0.5) is 0 Å². The monoisotopic (exact) mass is 259 g/mol. The van der Waals surface area contributed by atoms with Crippen LogP contribution in [-0.2, 0) is 6.42 Å². The van der Waals surface area contributed by atoms with E-state index in [0.29, 0.717) is 0 Å². The molecular weight excluding hydrogens is 234 g/mol. The van der Waals surface area contributed by atoms with Crippen LogP contribution in [0.3, 0.4) is 0 Å². The first-order chi connectivity index (χ1) is 9.45. The van der Waals surface area contributed by atoms with Crippen molar-refractivity contribution in [2.24, 2.45) is 17.2 Å². The minimum atomic E-state index is 1.10. The van der Waals surface area contributed by atoms with Crippen molar-refractivity contribution in [1.82, 2.24) is 0 Å². The Labute approximate surface area is 116 Å². The molecule has 0 radical (unpaired) electrons. The van der Waals surface area contributed by atoms with Gasteiger partial charge in [0.15, 0.2) is 0 Å². The number of nitrogens with two attached hydrogens (primary N) is 3. The summed E-state index contributed by atoms with van der Waals surface area (Å²) in [7, 11) is 4.50. The molecule has 2 aromatic carbocycles. The fraction of sp³-hybridized carbons (Fsp3) is 0.250. The molecule has 0 aliphatic heterocycles. The zero-order valence-corrected chi connectivity index (χ0v) is 12.1. The van der Waals surface area contributed by atoms with Crippen molar-refractivity contribution in [3.8, 4) is 11.1 Å². The Morgan fingerprint density at radius 3 is 1.26 bits per heavy atom. The first-order valence-electron chi connectivity index (χ1n) is 6.34. The van der Waals surface area contributed by atoms with Crippen molar-refractivity contribution in [1.29, 1.82) is 0 Å². The van der Waals surface area contributed by atoms with Gasteiger partial charge in [0.2, 0.25) is 0 Å². The maximum atomic E-state index is 4.50. The highest BCUT2D eigenvalue weighted by atomic mass is 14.4. The number of hydrogen-bond donors (Lipinski definition) is 3. The van der Waals surface area contributed by atoms with Crippen LogP contribution in [0.5, 0.6) is 0 Å². The molecule has 6 N–H and O–H groups in total. The Morgan fingerprint density at radius 1 is 0.579 bits per heavy atom. The molecule has 1 aliphatic rings. The molecule has 3 nitrogen and oxygen atoms in total. The van der Waals surface area contributed by atoms with Crippen LogP contribution in [0.1, 0.15) is 11.1 Å². The smallest absolute Gasteiger partial charge is 0.00135 e. The average molecular weight is 259 g/mol. The van der Waals surface area contributed by atoms with Crippen LogP contribution in [0.2, 0.25) is 0 Å². The van der Waals surface area contributed by atoms with Gasteiger partial charge in [-0.3, -0.25) is 0 Å². The Morgan fingerprint density at radius 2 is 0.895 bits per heavy atom. The fourth-order valence-electron chi connectivity index (χ4n) is 2.08. The third-order valence-corrected chi connectivity index (χ3v) is 2.71. The lowest BCUT2D eigenvalue weighted by Gasteiger charge is -1.98. The second-order valence-corrected chi connectivity index (χ2v) is 3.49. The molecule has 0 saturated heterocycles. The summed E-state index contributed by atoms with van der Waals surface area (Å²) in [6, 6.07) is 17.3. The summed E-state index contributed by atoms with van der Waals surface area (Å²) in [5, 5.41) is 0. The van der Waals surface area contributed by atoms with Crippen LogP contribution < -0.4 is 17.2 Å². The molecule has 0 saturated carbocycles. The van der Waals surface area contributed by atoms with Gasteiger partial charge in [0.05, 0.1) is 0 Å². The van der Waals surface area contributed by atoms with E-state index in [2.05, 4.69) is 65.7 Å². The molecule has 19 heavy (non-hydrogen) atoms. The molecule has 2 aromatic rings. The van der Waals surface area contributed by atoms with Crippen molar-refractivity contribution in [3.05, 3.63) is 59.7 Å². The van der Waals surface area contributed by atoms with E-state index in [9.17, 15) is 0 Å². The molecule has 3 heteroatoms. The number of rotatable bonds is 0. The highest BCUT2D eigenvalue weighted by Crippen LogP contribution is 2.35. The normalized spacial score (nSPS) is 9.37. The van der Waals surface area contributed by atoms with Crippen LogP contribution in [-0.4, -0.2) is 21.1 Å². The van der Waals surface area contributed by atoms with E-state index in [1.54, 1.807) is 0 Å². The highest BCUT2D eigenvalue weighted by Gasteiger charge is 2.15. The Hall–Kier alpha value is -1.68. The Balaban J connectivity index is 0.000000482. The predicted molar refractivity (Wildman–Crippen MR) is 85.0 cm³/mol. The standard InChI is InChI=1S/C13H10.3CH5N/c1-3-7-12-10(5-1)9-11-6-2-4-8-13(11)12;3*1-2/h1-8H,9H2;3*2H2,1H3. The summed E-state index contributed by atoms with van der Waals surface area (Å²) in [5.41, 5.74) is 19.3. The summed E-state index contributed by atoms with van der Waals surface area (Å²) in [5.74, 6) is 0. The van der Waals surface area contributed by atoms with E-state index in [-0.39, 0.29) is 0 Å². The lowest BCUT2D eigenvalue weighted by Crippen LogP contribution is -1.77. The topological polar surface area (TPSA) is 78.1 Å². The molecule has 0 spiro atoms. The molecule has 0 aromatic heterocycles. The molecule has 0 atom stereocenters. The van der Waals surface area contributed by atoms with Crippen LogP contribution in [0, 0.1) is 0 Å². The third kappa shape index (κ3) is 4.17. The molecule has 0 heterocycles. The summed E-state index contributed by atoms with van der Waals surface area (Å²) < 4.78 is 0. The molecule has 0 fully saturated rings. The van der Waals surface area contributed by atoms with E-state index in [1.807, 2.05) is 0 Å². The average Bonchev–Trinajstić information content (AvgIpc) is 2.92. The van der Waals surface area contributed by atoms with Crippen LogP contribution >= 0.6 is 0 Å². The third-order valence-electron chi connectivity index (χ3n) is 2.71. The summed E-state index contributed by atoms with van der Waals surface area (Å²) in [6.45, 7) is 0. The van der Waals surface area contributed by atoms with Crippen molar-refractivity contribution < 1.29 is 0 Å². The van der Waals surface area contributed by atoms with Gasteiger partial charge in [0, 0.05) is 0 Å². The highest BCUT2D eigenvalue weighted by molar-refractivity contribution is 5.76. The lowest BCUT2D eigenvalue weighted by molar-refractivity contribution is 1.26. The Kier molecular flexibility index (Phi) is 9.35. The number of fused-ring (bicyclic) bond motifs is 3. The summed E-state index contributed by atoms with van der Waals surface area (Å²) in [6.07, 6.45) is 1.10. The van der Waals surface area contributed by atoms with Gasteiger partial charge >= 0.3 is 0 Å². The molecule has 0 unspecified atom stereocenters. The Bertz CT molecular complexity index is 424. The van der Waals surface area contributed by atoms with E-state index < -0.39 is 0 Å². The maximum Gasteiger partial charge on any atom is -0.00135 e. The number of benzene rings is 2. The summed E-state index contributed by atoms with van der Waals surface area (Å²) in [4.78, 5) is 0. The maximum absolute atomic E-state index is 4.50. The molecule has 104 valence electrons. The minimum absolute atomic E-state index is 1.10. The first-order valence-corrected chi connectivity index (χ1v) is 6.34. The molecule has 0 amide bonds. The zero-order valence-electron chi connectivity index (χ0n) is 12.1. The van der Waals surface area contributed by atoms with E-state index in [0.717, 1.165) is 6.42 Å². The molecule has 0 bridgehead atoms. The van der Waals surface area contributed by atoms with Gasteiger partial charge < -0.3 is 17.2 Å². The second-order valence-electron chi connectivity index (χ2n) is 3.49. The SMILES string of the molecule is CN.CN.CN.c1ccc2c(c1)Cc1ccccc1-2. The van der Waals surface area contributed by atoms with Crippen molar-refractivity contribution >= 4 is 0 Å². The van der Waals surface area contributed by atoms with Crippen molar-refractivity contribution in [2.45, 2.75) is 6.42 Å². The lowest BCUT2D eigenvalue weighted by atomic mass is 10.1. The minimum Gasteiger partial charge on any atom is -0.333 e. The van der Waals surface area contributed by atoms with Gasteiger partial charge in [-0.2, -0.15) is 0 Å². The first kappa shape index (κ1) is 17.3. The van der Waals surface area contributed by atoms with E-state index in [1.165, 1.54) is 43.4 Å². The van der Waals surface area contributed by atoms with Crippen LogP contribution in [0.15, 0.2) is 48.5 Å². The van der Waals surface area contributed by atoms with Crippen molar-refractivity contribution in [2.75, 3.05) is 21.1 Å².